The highest BCUT2D eigenvalue weighted by Crippen LogP contribution is 1.99. The van der Waals surface area contributed by atoms with Crippen LogP contribution in [-0.4, -0.2) is 24.0 Å². The summed E-state index contributed by atoms with van der Waals surface area (Å²) in [6.07, 6.45) is 1.57. The maximum Gasteiger partial charge on any atom is 0.221 e. The molecule has 0 spiro atoms. The normalized spacial score (nSPS) is 13.4. The van der Waals surface area contributed by atoms with Crippen LogP contribution >= 0.6 is 0 Å². The standard InChI is InChI=1S/C11H24N2O/c1-6-10(12-8(2)3)7-11(14)13-9(4)5/h8-10,12H,6-7H2,1-5H3,(H,13,14). The van der Waals surface area contributed by atoms with Gasteiger partial charge in [-0.3, -0.25) is 4.79 Å². The zero-order valence-corrected chi connectivity index (χ0v) is 10.1. The van der Waals surface area contributed by atoms with Crippen LogP contribution in [0, 0.1) is 0 Å². The Kier molecular flexibility index (Phi) is 6.54. The van der Waals surface area contributed by atoms with Crippen molar-refractivity contribution in [2.75, 3.05) is 0 Å². The van der Waals surface area contributed by atoms with E-state index in [9.17, 15) is 4.79 Å². The first-order valence-corrected chi connectivity index (χ1v) is 5.51. The number of rotatable bonds is 6. The van der Waals surface area contributed by atoms with Crippen molar-refractivity contribution in [3.63, 3.8) is 0 Å². The maximum absolute atomic E-state index is 11.5. The minimum Gasteiger partial charge on any atom is -0.354 e. The molecule has 3 nitrogen and oxygen atoms in total. The molecule has 0 saturated carbocycles. The first-order chi connectivity index (χ1) is 6.45. The highest BCUT2D eigenvalue weighted by atomic mass is 16.1. The first kappa shape index (κ1) is 13.4. The first-order valence-electron chi connectivity index (χ1n) is 5.51. The van der Waals surface area contributed by atoms with Crippen molar-refractivity contribution < 1.29 is 4.79 Å². The Morgan fingerprint density at radius 2 is 1.71 bits per heavy atom. The third-order valence-electron chi connectivity index (χ3n) is 1.94. The van der Waals surface area contributed by atoms with E-state index in [0.717, 1.165) is 6.42 Å². The van der Waals surface area contributed by atoms with E-state index in [4.69, 9.17) is 0 Å². The van der Waals surface area contributed by atoms with Gasteiger partial charge in [-0.05, 0) is 20.3 Å². The molecular formula is C11H24N2O. The van der Waals surface area contributed by atoms with E-state index in [1.807, 2.05) is 13.8 Å². The van der Waals surface area contributed by atoms with Gasteiger partial charge in [0.15, 0.2) is 0 Å². The number of hydrogen-bond acceptors (Lipinski definition) is 2. The summed E-state index contributed by atoms with van der Waals surface area (Å²) in [4.78, 5) is 11.5. The fourth-order valence-corrected chi connectivity index (χ4v) is 1.40. The van der Waals surface area contributed by atoms with E-state index in [1.165, 1.54) is 0 Å². The number of carbonyl (C=O) groups is 1. The Bertz CT molecular complexity index is 167. The van der Waals surface area contributed by atoms with Crippen molar-refractivity contribution in [3.05, 3.63) is 0 Å². The Hall–Kier alpha value is -0.570. The van der Waals surface area contributed by atoms with Crippen LogP contribution in [0.4, 0.5) is 0 Å². The second kappa shape index (κ2) is 6.82. The van der Waals surface area contributed by atoms with Crippen molar-refractivity contribution in [2.24, 2.45) is 0 Å². The van der Waals surface area contributed by atoms with Gasteiger partial charge in [0.1, 0.15) is 0 Å². The van der Waals surface area contributed by atoms with Gasteiger partial charge in [-0.15, -0.1) is 0 Å². The second-order valence-electron chi connectivity index (χ2n) is 4.35. The van der Waals surface area contributed by atoms with Crippen molar-refractivity contribution in [2.45, 2.75) is 65.6 Å². The fourth-order valence-electron chi connectivity index (χ4n) is 1.40. The summed E-state index contributed by atoms with van der Waals surface area (Å²) < 4.78 is 0. The molecule has 0 aliphatic rings. The van der Waals surface area contributed by atoms with Crippen molar-refractivity contribution >= 4 is 5.91 Å². The van der Waals surface area contributed by atoms with Gasteiger partial charge in [-0.25, -0.2) is 0 Å². The van der Waals surface area contributed by atoms with Gasteiger partial charge in [-0.2, -0.15) is 0 Å². The highest BCUT2D eigenvalue weighted by molar-refractivity contribution is 5.76. The molecule has 14 heavy (non-hydrogen) atoms. The summed E-state index contributed by atoms with van der Waals surface area (Å²) in [5.41, 5.74) is 0. The van der Waals surface area contributed by atoms with Crippen LogP contribution in [0.2, 0.25) is 0 Å². The van der Waals surface area contributed by atoms with Crippen molar-refractivity contribution in [3.8, 4) is 0 Å². The van der Waals surface area contributed by atoms with Crippen LogP contribution in [0.15, 0.2) is 0 Å². The third kappa shape index (κ3) is 6.89. The Morgan fingerprint density at radius 1 is 1.14 bits per heavy atom. The lowest BCUT2D eigenvalue weighted by molar-refractivity contribution is -0.122. The Balaban J connectivity index is 3.86. The molecule has 0 saturated heterocycles. The number of hydrogen-bond donors (Lipinski definition) is 2. The zero-order valence-electron chi connectivity index (χ0n) is 10.1. The lowest BCUT2D eigenvalue weighted by Gasteiger charge is -2.19. The van der Waals surface area contributed by atoms with Crippen LogP contribution in [0.5, 0.6) is 0 Å². The average molecular weight is 200 g/mol. The van der Waals surface area contributed by atoms with E-state index in [-0.39, 0.29) is 11.9 Å². The van der Waals surface area contributed by atoms with Crippen molar-refractivity contribution in [1.29, 1.82) is 0 Å². The lowest BCUT2D eigenvalue weighted by Crippen LogP contribution is -2.40. The molecule has 0 fully saturated rings. The van der Waals surface area contributed by atoms with Crippen LogP contribution in [0.25, 0.3) is 0 Å². The third-order valence-corrected chi connectivity index (χ3v) is 1.94. The maximum atomic E-state index is 11.5. The molecule has 3 heteroatoms. The molecule has 2 N–H and O–H groups in total. The van der Waals surface area contributed by atoms with Gasteiger partial charge in [0.2, 0.25) is 5.91 Å². The summed E-state index contributed by atoms with van der Waals surface area (Å²) >= 11 is 0. The summed E-state index contributed by atoms with van der Waals surface area (Å²) in [5, 5.41) is 6.27. The van der Waals surface area contributed by atoms with Gasteiger partial charge in [0.25, 0.3) is 0 Å². The van der Waals surface area contributed by atoms with Crippen molar-refractivity contribution in [1.82, 2.24) is 10.6 Å². The Morgan fingerprint density at radius 3 is 2.07 bits per heavy atom. The molecule has 0 radical (unpaired) electrons. The van der Waals surface area contributed by atoms with Crippen LogP contribution in [0.3, 0.4) is 0 Å². The summed E-state index contributed by atoms with van der Waals surface area (Å²) in [5.74, 6) is 0.139. The van der Waals surface area contributed by atoms with E-state index < -0.39 is 0 Å². The number of nitrogens with one attached hydrogen (secondary N) is 2. The van der Waals surface area contributed by atoms with E-state index in [2.05, 4.69) is 31.4 Å². The molecule has 0 aliphatic carbocycles. The summed E-state index contributed by atoms with van der Waals surface area (Å²) in [6, 6.07) is 0.972. The number of carbonyl (C=O) groups excluding carboxylic acids is 1. The quantitative estimate of drug-likeness (QED) is 0.685. The molecule has 1 atom stereocenters. The topological polar surface area (TPSA) is 41.1 Å². The minimum absolute atomic E-state index is 0.139. The van der Waals surface area contributed by atoms with Crippen LogP contribution < -0.4 is 10.6 Å². The monoisotopic (exact) mass is 200 g/mol. The molecule has 1 amide bonds. The molecule has 0 bridgehead atoms. The smallest absolute Gasteiger partial charge is 0.221 e. The van der Waals surface area contributed by atoms with E-state index in [1.54, 1.807) is 0 Å². The summed E-state index contributed by atoms with van der Waals surface area (Å²) in [7, 11) is 0. The second-order valence-corrected chi connectivity index (χ2v) is 4.35. The lowest BCUT2D eigenvalue weighted by atomic mass is 10.1. The highest BCUT2D eigenvalue weighted by Gasteiger charge is 2.12. The minimum atomic E-state index is 0.139. The predicted octanol–water partition coefficient (Wildman–Crippen LogP) is 1.68. The molecule has 0 aromatic heterocycles. The van der Waals surface area contributed by atoms with Gasteiger partial charge in [0, 0.05) is 24.5 Å². The number of amides is 1. The molecule has 0 aromatic rings. The van der Waals surface area contributed by atoms with E-state index >= 15 is 0 Å². The molecule has 1 unspecified atom stereocenters. The van der Waals surface area contributed by atoms with Gasteiger partial charge in [-0.1, -0.05) is 20.8 Å². The zero-order chi connectivity index (χ0) is 11.1. The largest absolute Gasteiger partial charge is 0.354 e. The molecule has 0 aliphatic heterocycles. The van der Waals surface area contributed by atoms with E-state index in [0.29, 0.717) is 18.5 Å². The predicted molar refractivity (Wildman–Crippen MR) is 60.2 cm³/mol. The van der Waals surface area contributed by atoms with Crippen LogP contribution in [-0.2, 0) is 4.79 Å². The average Bonchev–Trinajstić information content (AvgIpc) is 2.00. The van der Waals surface area contributed by atoms with Gasteiger partial charge < -0.3 is 10.6 Å². The summed E-state index contributed by atoms with van der Waals surface area (Å²) in [6.45, 7) is 10.3. The SMILES string of the molecule is CCC(CC(=O)NC(C)C)NC(C)C. The molecule has 84 valence electrons. The van der Waals surface area contributed by atoms with Crippen LogP contribution in [0.1, 0.15) is 47.5 Å². The van der Waals surface area contributed by atoms with Gasteiger partial charge >= 0.3 is 0 Å². The molecule has 0 rings (SSSR count). The van der Waals surface area contributed by atoms with Gasteiger partial charge in [0.05, 0.1) is 0 Å². The molecule has 0 aromatic carbocycles. The molecular weight excluding hydrogens is 176 g/mol. The molecule has 0 heterocycles. The fraction of sp³-hybridized carbons (Fsp3) is 0.909. The Labute approximate surface area is 87.6 Å².